The van der Waals surface area contributed by atoms with Crippen molar-refractivity contribution < 1.29 is 38.6 Å². The molecule has 9 heteroatoms. The molecule has 0 rings (SSSR count). The Bertz CT molecular complexity index is 594. The maximum atomic E-state index is 11.6. The fourth-order valence-corrected chi connectivity index (χ4v) is 3.87. The minimum atomic E-state index is -4.39. The Balaban J connectivity index is 3.42. The minimum absolute atomic E-state index is 0.000299. The first kappa shape index (κ1) is 34.2. The van der Waals surface area contributed by atoms with Gasteiger partial charge in [0.05, 0.1) is 26.4 Å². The zero-order chi connectivity index (χ0) is 26.0. The van der Waals surface area contributed by atoms with Crippen LogP contribution in [0, 0.1) is 0 Å². The highest BCUT2D eigenvalue weighted by Crippen LogP contribution is 2.43. The Hall–Kier alpha value is -0.830. The molecule has 0 bridgehead atoms. The van der Waals surface area contributed by atoms with Crippen molar-refractivity contribution in [1.82, 2.24) is 0 Å². The summed E-state index contributed by atoms with van der Waals surface area (Å²) in [5.74, 6) is 0. The fraction of sp³-hybridized carbons (Fsp3) is 0.769. The van der Waals surface area contributed by atoms with Crippen molar-refractivity contribution >= 4 is 7.82 Å². The van der Waals surface area contributed by atoms with E-state index in [4.69, 9.17) is 14.9 Å². The van der Waals surface area contributed by atoms with Crippen LogP contribution >= 0.6 is 7.82 Å². The van der Waals surface area contributed by atoms with Crippen molar-refractivity contribution in [2.45, 2.75) is 96.2 Å². The summed E-state index contributed by atoms with van der Waals surface area (Å²) in [6.45, 7) is 1.11. The van der Waals surface area contributed by atoms with Crippen LogP contribution in [0.5, 0.6) is 0 Å². The molecule has 0 aromatic heterocycles. The van der Waals surface area contributed by atoms with Crippen LogP contribution in [-0.2, 0) is 18.3 Å². The smallest absolute Gasteiger partial charge is 0.394 e. The summed E-state index contributed by atoms with van der Waals surface area (Å²) < 4.78 is 26.1. The number of hydrogen-bond acceptors (Lipinski definition) is 7. The molecule has 8 nitrogen and oxygen atoms in total. The quantitative estimate of drug-likeness (QED) is 0.0733. The van der Waals surface area contributed by atoms with Crippen molar-refractivity contribution in [1.29, 1.82) is 0 Å². The lowest BCUT2D eigenvalue weighted by atomic mass is 10.1. The lowest BCUT2D eigenvalue weighted by molar-refractivity contribution is -0.00437. The maximum Gasteiger partial charge on any atom is 0.472 e. The maximum absolute atomic E-state index is 11.6. The van der Waals surface area contributed by atoms with E-state index in [9.17, 15) is 14.6 Å². The molecule has 0 heterocycles. The summed E-state index contributed by atoms with van der Waals surface area (Å²) in [5.41, 5.74) is 0. The van der Waals surface area contributed by atoms with Gasteiger partial charge in [-0.3, -0.25) is 9.05 Å². The molecule has 4 N–H and O–H groups in total. The zero-order valence-electron chi connectivity index (χ0n) is 21.5. The number of rotatable bonds is 25. The molecule has 0 aliphatic heterocycles. The molecular formula is C26H49O8P. The molecule has 3 unspecified atom stereocenters. The summed E-state index contributed by atoms with van der Waals surface area (Å²) >= 11 is 0. The molecule has 206 valence electrons. The van der Waals surface area contributed by atoms with Crippen LogP contribution in [0.3, 0.4) is 0 Å². The predicted octanol–water partition coefficient (Wildman–Crippen LogP) is 5.22. The highest BCUT2D eigenvalue weighted by atomic mass is 31.2. The topological polar surface area (TPSA) is 126 Å². The van der Waals surface area contributed by atoms with Crippen molar-refractivity contribution in [2.24, 2.45) is 0 Å². The molecule has 0 aromatic rings. The van der Waals surface area contributed by atoms with E-state index >= 15 is 0 Å². The third-order valence-electron chi connectivity index (χ3n) is 5.07. The second-order valence-electron chi connectivity index (χ2n) is 8.54. The first-order valence-electron chi connectivity index (χ1n) is 13.0. The molecule has 0 saturated heterocycles. The van der Waals surface area contributed by atoms with Crippen molar-refractivity contribution in [3.63, 3.8) is 0 Å². The summed E-state index contributed by atoms with van der Waals surface area (Å²) in [6, 6.07) is 0. The molecular weight excluding hydrogens is 471 g/mol. The number of unbranched alkanes of at least 4 members (excludes halogenated alkanes) is 8. The molecule has 35 heavy (non-hydrogen) atoms. The van der Waals surface area contributed by atoms with Gasteiger partial charge in [-0.1, -0.05) is 81.9 Å². The van der Waals surface area contributed by atoms with Gasteiger partial charge in [0.15, 0.2) is 0 Å². The summed E-state index contributed by atoms with van der Waals surface area (Å²) in [5, 5.41) is 27.5. The lowest BCUT2D eigenvalue weighted by Crippen LogP contribution is -2.23. The van der Waals surface area contributed by atoms with Gasteiger partial charge in [0.1, 0.15) is 12.2 Å². The SMILES string of the molecule is CC/C=C\C/C=C\C/C=C\CCCCCCCCCCOCC(O)COP(=O)(O)OCC(O)CO. The largest absolute Gasteiger partial charge is 0.472 e. The second kappa shape index (κ2) is 24.8. The highest BCUT2D eigenvalue weighted by Gasteiger charge is 2.24. The molecule has 0 aromatic carbocycles. The molecule has 0 amide bonds. The highest BCUT2D eigenvalue weighted by molar-refractivity contribution is 7.47. The van der Waals surface area contributed by atoms with E-state index in [1.165, 1.54) is 38.5 Å². The Labute approximate surface area is 212 Å². The van der Waals surface area contributed by atoms with E-state index in [1.807, 2.05) is 0 Å². The van der Waals surface area contributed by atoms with E-state index in [1.54, 1.807) is 0 Å². The van der Waals surface area contributed by atoms with Crippen molar-refractivity contribution in [2.75, 3.05) is 33.0 Å². The Morgan fingerprint density at radius 3 is 1.83 bits per heavy atom. The van der Waals surface area contributed by atoms with Crippen LogP contribution in [0.15, 0.2) is 36.5 Å². The van der Waals surface area contributed by atoms with Gasteiger partial charge in [-0.15, -0.1) is 0 Å². The van der Waals surface area contributed by atoms with Crippen LogP contribution < -0.4 is 0 Å². The van der Waals surface area contributed by atoms with E-state index in [-0.39, 0.29) is 6.61 Å². The van der Waals surface area contributed by atoms with E-state index in [2.05, 4.69) is 52.4 Å². The van der Waals surface area contributed by atoms with Gasteiger partial charge >= 0.3 is 7.82 Å². The molecule has 0 aliphatic carbocycles. The summed E-state index contributed by atoms with van der Waals surface area (Å²) in [6.07, 6.45) is 24.8. The van der Waals surface area contributed by atoms with Gasteiger partial charge in [0.25, 0.3) is 0 Å². The first-order valence-corrected chi connectivity index (χ1v) is 14.5. The van der Waals surface area contributed by atoms with E-state index in [0.29, 0.717) is 6.61 Å². The van der Waals surface area contributed by atoms with Gasteiger partial charge in [-0.05, 0) is 38.5 Å². The average molecular weight is 521 g/mol. The van der Waals surface area contributed by atoms with Crippen LogP contribution in [0.1, 0.15) is 84.0 Å². The van der Waals surface area contributed by atoms with E-state index < -0.39 is 39.9 Å². The zero-order valence-corrected chi connectivity index (χ0v) is 22.4. The van der Waals surface area contributed by atoms with Crippen molar-refractivity contribution in [3.8, 4) is 0 Å². The van der Waals surface area contributed by atoms with Gasteiger partial charge in [0.2, 0.25) is 0 Å². The normalized spacial score (nSPS) is 15.9. The first-order chi connectivity index (χ1) is 16.9. The third-order valence-corrected chi connectivity index (χ3v) is 6.02. The number of allylic oxidation sites excluding steroid dienone is 6. The van der Waals surface area contributed by atoms with Gasteiger partial charge < -0.3 is 24.9 Å². The minimum Gasteiger partial charge on any atom is -0.394 e. The number of hydrogen-bond donors (Lipinski definition) is 4. The number of ether oxygens (including phenoxy) is 1. The monoisotopic (exact) mass is 520 g/mol. The number of aliphatic hydroxyl groups excluding tert-OH is 3. The second-order valence-corrected chi connectivity index (χ2v) is 9.99. The summed E-state index contributed by atoms with van der Waals surface area (Å²) in [7, 11) is -4.39. The Morgan fingerprint density at radius 1 is 0.714 bits per heavy atom. The van der Waals surface area contributed by atoms with Crippen LogP contribution in [0.2, 0.25) is 0 Å². The molecule has 0 aliphatic rings. The molecule has 0 saturated carbocycles. The lowest BCUT2D eigenvalue weighted by Gasteiger charge is -2.16. The fourth-order valence-electron chi connectivity index (χ4n) is 3.07. The van der Waals surface area contributed by atoms with Crippen molar-refractivity contribution in [3.05, 3.63) is 36.5 Å². The Morgan fingerprint density at radius 2 is 1.23 bits per heavy atom. The number of phosphoric acid groups is 1. The summed E-state index contributed by atoms with van der Waals surface area (Å²) in [4.78, 5) is 9.41. The predicted molar refractivity (Wildman–Crippen MR) is 140 cm³/mol. The van der Waals surface area contributed by atoms with Gasteiger partial charge in [0, 0.05) is 6.61 Å². The van der Waals surface area contributed by atoms with E-state index in [0.717, 1.165) is 38.5 Å². The molecule has 3 atom stereocenters. The Kier molecular flexibility index (Phi) is 24.3. The molecule has 0 spiro atoms. The standard InChI is InChI=1S/C26H49O8P/c1-2-3-4-5-6-7-8-9-10-11-12-13-14-15-16-17-18-19-20-32-22-26(29)24-34-35(30,31)33-23-25(28)21-27/h3-4,6-7,9-10,25-29H,2,5,8,11-24H2,1H3,(H,30,31)/b4-3-,7-6-,10-9-. The average Bonchev–Trinajstić information content (AvgIpc) is 2.85. The van der Waals surface area contributed by atoms with Gasteiger partial charge in [-0.2, -0.15) is 0 Å². The molecule has 0 fully saturated rings. The number of phosphoric ester groups is 1. The van der Waals surface area contributed by atoms with Crippen LogP contribution in [0.4, 0.5) is 0 Å². The third kappa shape index (κ3) is 26.1. The molecule has 0 radical (unpaired) electrons. The van der Waals surface area contributed by atoms with Crippen LogP contribution in [0.25, 0.3) is 0 Å². The number of aliphatic hydroxyl groups is 3. The van der Waals surface area contributed by atoms with Gasteiger partial charge in [-0.25, -0.2) is 4.57 Å². The van der Waals surface area contributed by atoms with Crippen LogP contribution in [-0.4, -0.2) is 65.5 Å².